The van der Waals surface area contributed by atoms with E-state index in [2.05, 4.69) is 0 Å². The molecule has 0 saturated heterocycles. The standard InChI is InChI=1S/C13H17NO2/c14-12(10-6-2-1-3-7-10)13(15)16-11-8-4-5-9-11/h1-3,6-7,11-12H,4-5,8-9,14H2. The van der Waals surface area contributed by atoms with Crippen LogP contribution in [0.1, 0.15) is 37.3 Å². The third-order valence-electron chi connectivity index (χ3n) is 3.00. The smallest absolute Gasteiger partial charge is 0.327 e. The fourth-order valence-corrected chi connectivity index (χ4v) is 2.04. The van der Waals surface area contributed by atoms with Crippen molar-refractivity contribution in [3.05, 3.63) is 35.9 Å². The number of rotatable bonds is 3. The summed E-state index contributed by atoms with van der Waals surface area (Å²) >= 11 is 0. The van der Waals surface area contributed by atoms with Crippen molar-refractivity contribution in [2.45, 2.75) is 37.8 Å². The van der Waals surface area contributed by atoms with E-state index < -0.39 is 6.04 Å². The van der Waals surface area contributed by atoms with Gasteiger partial charge in [0.1, 0.15) is 12.1 Å². The second-order valence-electron chi connectivity index (χ2n) is 4.23. The van der Waals surface area contributed by atoms with Gasteiger partial charge in [-0.05, 0) is 31.2 Å². The minimum atomic E-state index is -0.651. The highest BCUT2D eigenvalue weighted by Gasteiger charge is 2.23. The maximum Gasteiger partial charge on any atom is 0.327 e. The molecule has 0 radical (unpaired) electrons. The zero-order chi connectivity index (χ0) is 11.4. The molecule has 1 atom stereocenters. The average Bonchev–Trinajstić information content (AvgIpc) is 2.82. The molecule has 1 aliphatic rings. The van der Waals surface area contributed by atoms with Gasteiger partial charge >= 0.3 is 5.97 Å². The molecule has 86 valence electrons. The van der Waals surface area contributed by atoms with E-state index in [-0.39, 0.29) is 12.1 Å². The quantitative estimate of drug-likeness (QED) is 0.793. The van der Waals surface area contributed by atoms with Crippen molar-refractivity contribution in [1.82, 2.24) is 0 Å². The maximum absolute atomic E-state index is 11.8. The predicted molar refractivity (Wildman–Crippen MR) is 61.7 cm³/mol. The van der Waals surface area contributed by atoms with Crippen LogP contribution in [0, 0.1) is 0 Å². The van der Waals surface area contributed by atoms with E-state index in [1.807, 2.05) is 30.3 Å². The number of carbonyl (C=O) groups excluding carboxylic acids is 1. The fraction of sp³-hybridized carbons (Fsp3) is 0.462. The number of hydrogen-bond donors (Lipinski definition) is 1. The van der Waals surface area contributed by atoms with Gasteiger partial charge in [-0.3, -0.25) is 0 Å². The van der Waals surface area contributed by atoms with E-state index in [0.717, 1.165) is 31.2 Å². The molecule has 2 rings (SSSR count). The number of nitrogens with two attached hydrogens (primary N) is 1. The molecule has 0 aliphatic heterocycles. The molecule has 0 heterocycles. The van der Waals surface area contributed by atoms with Gasteiger partial charge in [-0.15, -0.1) is 0 Å². The summed E-state index contributed by atoms with van der Waals surface area (Å²) in [6, 6.07) is 8.69. The molecule has 0 amide bonds. The van der Waals surface area contributed by atoms with Crippen LogP contribution in [-0.2, 0) is 9.53 Å². The first-order valence-electron chi connectivity index (χ1n) is 5.78. The highest BCUT2D eigenvalue weighted by atomic mass is 16.5. The zero-order valence-electron chi connectivity index (χ0n) is 9.26. The Morgan fingerprint density at radius 2 is 1.88 bits per heavy atom. The lowest BCUT2D eigenvalue weighted by Gasteiger charge is -2.15. The van der Waals surface area contributed by atoms with Crippen LogP contribution >= 0.6 is 0 Å². The second kappa shape index (κ2) is 5.12. The normalized spacial score (nSPS) is 18.3. The maximum atomic E-state index is 11.8. The van der Waals surface area contributed by atoms with E-state index in [1.54, 1.807) is 0 Å². The molecular formula is C13H17NO2. The molecular weight excluding hydrogens is 202 g/mol. The molecule has 1 aromatic rings. The number of benzene rings is 1. The van der Waals surface area contributed by atoms with Crippen LogP contribution in [0.3, 0.4) is 0 Å². The molecule has 1 fully saturated rings. The average molecular weight is 219 g/mol. The van der Waals surface area contributed by atoms with Crippen LogP contribution in [0.4, 0.5) is 0 Å². The van der Waals surface area contributed by atoms with E-state index in [1.165, 1.54) is 0 Å². The molecule has 1 aliphatic carbocycles. The lowest BCUT2D eigenvalue weighted by Crippen LogP contribution is -2.27. The van der Waals surface area contributed by atoms with E-state index in [4.69, 9.17) is 10.5 Å². The van der Waals surface area contributed by atoms with E-state index >= 15 is 0 Å². The number of carbonyl (C=O) groups is 1. The first-order chi connectivity index (χ1) is 7.77. The fourth-order valence-electron chi connectivity index (χ4n) is 2.04. The Balaban J connectivity index is 1.94. The Kier molecular flexibility index (Phi) is 3.57. The van der Waals surface area contributed by atoms with Crippen LogP contribution in [0.2, 0.25) is 0 Å². The molecule has 1 unspecified atom stereocenters. The van der Waals surface area contributed by atoms with Crippen molar-refractivity contribution in [3.63, 3.8) is 0 Å². The van der Waals surface area contributed by atoms with Crippen molar-refractivity contribution < 1.29 is 9.53 Å². The summed E-state index contributed by atoms with van der Waals surface area (Å²) in [4.78, 5) is 11.8. The summed E-state index contributed by atoms with van der Waals surface area (Å²) in [6.45, 7) is 0. The summed E-state index contributed by atoms with van der Waals surface area (Å²) in [7, 11) is 0. The summed E-state index contributed by atoms with van der Waals surface area (Å²) in [5, 5.41) is 0. The largest absolute Gasteiger partial charge is 0.461 e. The highest BCUT2D eigenvalue weighted by Crippen LogP contribution is 2.23. The first-order valence-corrected chi connectivity index (χ1v) is 5.78. The van der Waals surface area contributed by atoms with Crippen molar-refractivity contribution in [3.8, 4) is 0 Å². The Morgan fingerprint density at radius 3 is 2.50 bits per heavy atom. The molecule has 1 saturated carbocycles. The van der Waals surface area contributed by atoms with Gasteiger partial charge in [-0.1, -0.05) is 30.3 Å². The lowest BCUT2D eigenvalue weighted by atomic mass is 10.1. The molecule has 1 aromatic carbocycles. The van der Waals surface area contributed by atoms with E-state index in [0.29, 0.717) is 0 Å². The second-order valence-corrected chi connectivity index (χ2v) is 4.23. The summed E-state index contributed by atoms with van der Waals surface area (Å²) in [5.74, 6) is -0.307. The predicted octanol–water partition coefficient (Wildman–Crippen LogP) is 2.17. The molecule has 16 heavy (non-hydrogen) atoms. The zero-order valence-corrected chi connectivity index (χ0v) is 9.26. The van der Waals surface area contributed by atoms with Crippen molar-refractivity contribution in [2.24, 2.45) is 5.73 Å². The molecule has 0 aromatic heterocycles. The van der Waals surface area contributed by atoms with Crippen LogP contribution in [-0.4, -0.2) is 12.1 Å². The van der Waals surface area contributed by atoms with Gasteiger partial charge < -0.3 is 10.5 Å². The number of hydrogen-bond acceptors (Lipinski definition) is 3. The first kappa shape index (κ1) is 11.1. The number of esters is 1. The number of ether oxygens (including phenoxy) is 1. The Morgan fingerprint density at radius 1 is 1.25 bits per heavy atom. The third kappa shape index (κ3) is 2.61. The van der Waals surface area contributed by atoms with Gasteiger partial charge in [-0.25, -0.2) is 4.79 Å². The summed E-state index contributed by atoms with van der Waals surface area (Å²) < 4.78 is 5.36. The molecule has 3 nitrogen and oxygen atoms in total. The Bertz CT molecular complexity index is 344. The van der Waals surface area contributed by atoms with Crippen molar-refractivity contribution >= 4 is 5.97 Å². The third-order valence-corrected chi connectivity index (χ3v) is 3.00. The monoisotopic (exact) mass is 219 g/mol. The van der Waals surface area contributed by atoms with Crippen molar-refractivity contribution in [2.75, 3.05) is 0 Å². The SMILES string of the molecule is NC(C(=O)OC1CCCC1)c1ccccc1. The van der Waals surface area contributed by atoms with Gasteiger partial charge in [0.05, 0.1) is 0 Å². The summed E-state index contributed by atoms with van der Waals surface area (Å²) in [5.41, 5.74) is 6.65. The molecule has 3 heteroatoms. The minimum Gasteiger partial charge on any atom is -0.461 e. The van der Waals surface area contributed by atoms with Gasteiger partial charge in [0.2, 0.25) is 0 Å². The van der Waals surface area contributed by atoms with Gasteiger partial charge in [0, 0.05) is 0 Å². The Labute approximate surface area is 95.6 Å². The topological polar surface area (TPSA) is 52.3 Å². The van der Waals surface area contributed by atoms with Gasteiger partial charge in [0.25, 0.3) is 0 Å². The van der Waals surface area contributed by atoms with Crippen LogP contribution in [0.15, 0.2) is 30.3 Å². The van der Waals surface area contributed by atoms with Gasteiger partial charge in [-0.2, -0.15) is 0 Å². The van der Waals surface area contributed by atoms with Crippen molar-refractivity contribution in [1.29, 1.82) is 0 Å². The van der Waals surface area contributed by atoms with Gasteiger partial charge in [0.15, 0.2) is 0 Å². The van der Waals surface area contributed by atoms with E-state index in [9.17, 15) is 4.79 Å². The molecule has 0 spiro atoms. The van der Waals surface area contributed by atoms with Crippen LogP contribution in [0.25, 0.3) is 0 Å². The molecule has 2 N–H and O–H groups in total. The highest BCUT2D eigenvalue weighted by molar-refractivity contribution is 5.77. The Hall–Kier alpha value is -1.35. The van der Waals surface area contributed by atoms with Crippen LogP contribution < -0.4 is 5.73 Å². The lowest BCUT2D eigenvalue weighted by molar-refractivity contribution is -0.150. The minimum absolute atomic E-state index is 0.0854. The van der Waals surface area contributed by atoms with Crippen LogP contribution in [0.5, 0.6) is 0 Å². The molecule has 0 bridgehead atoms. The summed E-state index contributed by atoms with van der Waals surface area (Å²) in [6.07, 6.45) is 4.35.